The predicted octanol–water partition coefficient (Wildman–Crippen LogP) is 1.12. The molecule has 1 fully saturated rings. The quantitative estimate of drug-likeness (QED) is 0.874. The molecule has 3 rings (SSSR count). The summed E-state index contributed by atoms with van der Waals surface area (Å²) in [5.41, 5.74) is 0. The molecule has 2 aliphatic rings. The summed E-state index contributed by atoms with van der Waals surface area (Å²) in [6.07, 6.45) is 6.43. The van der Waals surface area contributed by atoms with E-state index in [4.69, 9.17) is 4.74 Å². The molecule has 2 unspecified atom stereocenters. The Hall–Kier alpha value is -0.940. The van der Waals surface area contributed by atoms with Crippen LogP contribution in [0.15, 0.2) is 0 Å². The van der Waals surface area contributed by atoms with E-state index in [9.17, 15) is 5.11 Å². The first-order valence-electron chi connectivity index (χ1n) is 6.99. The fourth-order valence-electron chi connectivity index (χ4n) is 3.12. The zero-order chi connectivity index (χ0) is 12.4. The smallest absolute Gasteiger partial charge is 0.133 e. The topological polar surface area (TPSA) is 60.2 Å². The number of aromatic nitrogens is 3. The van der Waals surface area contributed by atoms with Crippen molar-refractivity contribution in [1.82, 2.24) is 14.8 Å². The first-order valence-corrected chi connectivity index (χ1v) is 6.99. The van der Waals surface area contributed by atoms with Crippen molar-refractivity contribution in [1.29, 1.82) is 0 Å². The van der Waals surface area contributed by atoms with Gasteiger partial charge < -0.3 is 14.4 Å². The van der Waals surface area contributed by atoms with Gasteiger partial charge in [-0.2, -0.15) is 0 Å². The Labute approximate surface area is 107 Å². The van der Waals surface area contributed by atoms with Crippen LogP contribution in [0.25, 0.3) is 0 Å². The van der Waals surface area contributed by atoms with Crippen LogP contribution in [0.2, 0.25) is 0 Å². The Bertz CT molecular complexity index is 399. The molecule has 0 saturated carbocycles. The van der Waals surface area contributed by atoms with Gasteiger partial charge in [-0.1, -0.05) is 0 Å². The van der Waals surface area contributed by atoms with Crippen LogP contribution in [0.4, 0.5) is 0 Å². The average molecular weight is 251 g/mol. The maximum Gasteiger partial charge on any atom is 0.133 e. The Balaban J connectivity index is 1.77. The normalized spacial score (nSPS) is 28.1. The minimum atomic E-state index is 0.184. The van der Waals surface area contributed by atoms with Gasteiger partial charge in [0.1, 0.15) is 11.6 Å². The van der Waals surface area contributed by atoms with Crippen LogP contribution in [0.5, 0.6) is 0 Å². The lowest BCUT2D eigenvalue weighted by molar-refractivity contribution is 0.0535. The number of hydrogen-bond acceptors (Lipinski definition) is 4. The third-order valence-corrected chi connectivity index (χ3v) is 4.08. The van der Waals surface area contributed by atoms with Crippen molar-refractivity contribution in [3.8, 4) is 0 Å². The molecule has 0 aromatic carbocycles. The van der Waals surface area contributed by atoms with Crippen molar-refractivity contribution in [2.45, 2.75) is 44.6 Å². The molecule has 1 aromatic heterocycles. The number of rotatable bonds is 3. The van der Waals surface area contributed by atoms with Gasteiger partial charge in [-0.3, -0.25) is 0 Å². The van der Waals surface area contributed by atoms with Gasteiger partial charge in [-0.25, -0.2) is 0 Å². The number of nitrogens with zero attached hydrogens (tertiary/aromatic N) is 3. The van der Waals surface area contributed by atoms with Crippen LogP contribution in [0, 0.1) is 5.92 Å². The minimum absolute atomic E-state index is 0.184. The zero-order valence-corrected chi connectivity index (χ0v) is 10.7. The molecular weight excluding hydrogens is 230 g/mol. The molecule has 1 aromatic rings. The van der Waals surface area contributed by atoms with Crippen molar-refractivity contribution in [3.63, 3.8) is 0 Å². The second-order valence-corrected chi connectivity index (χ2v) is 5.42. The van der Waals surface area contributed by atoms with E-state index in [1.54, 1.807) is 0 Å². The molecule has 2 aliphatic heterocycles. The molecule has 1 N–H and O–H groups in total. The summed E-state index contributed by atoms with van der Waals surface area (Å²) in [6, 6.07) is 0.184. The lowest BCUT2D eigenvalue weighted by Gasteiger charge is -2.26. The molecule has 100 valence electrons. The highest BCUT2D eigenvalue weighted by molar-refractivity contribution is 5.03. The molecule has 0 radical (unpaired) electrons. The van der Waals surface area contributed by atoms with Crippen molar-refractivity contribution in [3.05, 3.63) is 11.6 Å². The van der Waals surface area contributed by atoms with E-state index in [-0.39, 0.29) is 12.6 Å². The predicted molar refractivity (Wildman–Crippen MR) is 66.3 cm³/mol. The summed E-state index contributed by atoms with van der Waals surface area (Å²) in [4.78, 5) is 0. The summed E-state index contributed by atoms with van der Waals surface area (Å²) < 4.78 is 7.70. The summed E-state index contributed by atoms with van der Waals surface area (Å²) in [5.74, 6) is 2.65. The molecule has 2 atom stereocenters. The maximum atomic E-state index is 9.49. The molecule has 0 aliphatic carbocycles. The highest BCUT2D eigenvalue weighted by atomic mass is 16.5. The summed E-state index contributed by atoms with van der Waals surface area (Å²) >= 11 is 0. The van der Waals surface area contributed by atoms with Crippen molar-refractivity contribution in [2.75, 3.05) is 19.8 Å². The van der Waals surface area contributed by atoms with Crippen molar-refractivity contribution < 1.29 is 9.84 Å². The van der Waals surface area contributed by atoms with Crippen LogP contribution in [-0.2, 0) is 17.6 Å². The Kier molecular flexibility index (Phi) is 3.61. The number of ether oxygens (including phenoxy) is 1. The summed E-state index contributed by atoms with van der Waals surface area (Å²) in [5, 5.41) is 18.1. The third kappa shape index (κ3) is 2.29. The maximum absolute atomic E-state index is 9.49. The zero-order valence-electron chi connectivity index (χ0n) is 10.7. The fraction of sp³-hybridized carbons (Fsp3) is 0.846. The largest absolute Gasteiger partial charge is 0.394 e. The first kappa shape index (κ1) is 12.1. The van der Waals surface area contributed by atoms with E-state index in [1.165, 1.54) is 6.42 Å². The average Bonchev–Trinajstić information content (AvgIpc) is 2.83. The molecule has 0 spiro atoms. The highest BCUT2D eigenvalue weighted by Gasteiger charge is 2.26. The second-order valence-electron chi connectivity index (χ2n) is 5.42. The van der Waals surface area contributed by atoms with Gasteiger partial charge in [-0.05, 0) is 31.6 Å². The summed E-state index contributed by atoms with van der Waals surface area (Å²) in [6.45, 7) is 1.93. The molecule has 1 saturated heterocycles. The van der Waals surface area contributed by atoms with Gasteiger partial charge in [0, 0.05) is 26.1 Å². The lowest BCUT2D eigenvalue weighted by Crippen LogP contribution is -2.26. The van der Waals surface area contributed by atoms with Gasteiger partial charge >= 0.3 is 0 Å². The monoisotopic (exact) mass is 251 g/mol. The van der Waals surface area contributed by atoms with E-state index in [0.29, 0.717) is 5.92 Å². The van der Waals surface area contributed by atoms with Gasteiger partial charge in [0.25, 0.3) is 0 Å². The highest BCUT2D eigenvalue weighted by Crippen LogP contribution is 2.27. The Morgan fingerprint density at radius 3 is 3.00 bits per heavy atom. The Morgan fingerprint density at radius 2 is 2.22 bits per heavy atom. The van der Waals surface area contributed by atoms with Crippen molar-refractivity contribution in [2.24, 2.45) is 5.92 Å². The van der Waals surface area contributed by atoms with Crippen LogP contribution in [-0.4, -0.2) is 39.7 Å². The van der Waals surface area contributed by atoms with Crippen LogP contribution >= 0.6 is 0 Å². The molecule has 0 amide bonds. The van der Waals surface area contributed by atoms with Crippen LogP contribution in [0.1, 0.15) is 43.4 Å². The molecule has 18 heavy (non-hydrogen) atoms. The Morgan fingerprint density at radius 1 is 1.28 bits per heavy atom. The number of aliphatic hydroxyl groups excluding tert-OH is 1. The van der Waals surface area contributed by atoms with E-state index >= 15 is 0 Å². The number of fused-ring (bicyclic) bond motifs is 1. The lowest BCUT2D eigenvalue weighted by atomic mass is 9.97. The van der Waals surface area contributed by atoms with Crippen LogP contribution < -0.4 is 0 Å². The van der Waals surface area contributed by atoms with Gasteiger partial charge in [0.15, 0.2) is 0 Å². The van der Waals surface area contributed by atoms with Crippen LogP contribution in [0.3, 0.4) is 0 Å². The number of aryl methyl sites for hydroxylation is 1. The molecule has 0 bridgehead atoms. The van der Waals surface area contributed by atoms with Gasteiger partial charge in [-0.15, -0.1) is 10.2 Å². The van der Waals surface area contributed by atoms with Gasteiger partial charge in [0.05, 0.1) is 12.6 Å². The molecular formula is C13H21N3O2. The second kappa shape index (κ2) is 5.36. The number of hydrogen-bond donors (Lipinski definition) is 1. The standard InChI is InChI=1S/C13H21N3O2/c17-8-11-4-1-5-12-14-15-13(16(11)12)7-10-3-2-6-18-9-10/h10-11,17H,1-9H2. The van der Waals surface area contributed by atoms with E-state index in [0.717, 1.165) is 57.0 Å². The van der Waals surface area contributed by atoms with Crippen molar-refractivity contribution >= 4 is 0 Å². The first-order chi connectivity index (χ1) is 8.88. The van der Waals surface area contributed by atoms with E-state index in [1.807, 2.05) is 0 Å². The van der Waals surface area contributed by atoms with Gasteiger partial charge in [0.2, 0.25) is 0 Å². The van der Waals surface area contributed by atoms with E-state index < -0.39 is 0 Å². The molecule has 5 heteroatoms. The number of aliphatic hydroxyl groups is 1. The molecule has 5 nitrogen and oxygen atoms in total. The molecule has 3 heterocycles. The summed E-state index contributed by atoms with van der Waals surface area (Å²) in [7, 11) is 0. The SMILES string of the molecule is OCC1CCCc2nnc(CC3CCCOC3)n21. The fourth-order valence-corrected chi connectivity index (χ4v) is 3.12. The third-order valence-electron chi connectivity index (χ3n) is 4.08. The van der Waals surface area contributed by atoms with E-state index in [2.05, 4.69) is 14.8 Å². The minimum Gasteiger partial charge on any atom is -0.394 e.